The third-order valence-electron chi connectivity index (χ3n) is 2.95. The van der Waals surface area contributed by atoms with Gasteiger partial charge in [0, 0.05) is 17.5 Å². The molecule has 0 spiro atoms. The normalized spacial score (nSPS) is 12.2. The second-order valence-corrected chi connectivity index (χ2v) is 4.96. The molecule has 0 amide bonds. The van der Waals surface area contributed by atoms with E-state index in [9.17, 15) is 0 Å². The number of para-hydroxylation sites is 1. The molecule has 0 radical (unpaired) electrons. The molecule has 3 nitrogen and oxygen atoms in total. The van der Waals surface area contributed by atoms with Crippen molar-refractivity contribution in [2.75, 3.05) is 6.61 Å². The van der Waals surface area contributed by atoms with Crippen molar-refractivity contribution in [2.24, 2.45) is 0 Å². The summed E-state index contributed by atoms with van der Waals surface area (Å²) in [5.41, 5.74) is 0.845. The van der Waals surface area contributed by atoms with E-state index in [0.717, 1.165) is 23.2 Å². The Kier molecular flexibility index (Phi) is 3.50. The van der Waals surface area contributed by atoms with Crippen molar-refractivity contribution in [2.45, 2.75) is 32.4 Å². The van der Waals surface area contributed by atoms with Crippen LogP contribution in [0.2, 0.25) is 0 Å². The van der Waals surface area contributed by atoms with Gasteiger partial charge in [-0.3, -0.25) is 0 Å². The monoisotopic (exact) mass is 233 g/mol. The molecule has 0 aliphatic carbocycles. The van der Waals surface area contributed by atoms with Gasteiger partial charge >= 0.3 is 0 Å². The van der Waals surface area contributed by atoms with Gasteiger partial charge in [0.05, 0.1) is 6.54 Å². The Morgan fingerprint density at radius 3 is 2.76 bits per heavy atom. The molecular formula is C14H19NO2. The Hall–Kier alpha value is -1.32. The first-order chi connectivity index (χ1) is 8.11. The fraction of sp³-hybridized carbons (Fsp3) is 0.429. The molecule has 3 heteroatoms. The summed E-state index contributed by atoms with van der Waals surface area (Å²) in [7, 11) is 0. The molecule has 17 heavy (non-hydrogen) atoms. The summed E-state index contributed by atoms with van der Waals surface area (Å²) in [5, 5.41) is 13.5. The second kappa shape index (κ2) is 4.90. The summed E-state index contributed by atoms with van der Waals surface area (Å²) < 4.78 is 5.72. The Morgan fingerprint density at radius 1 is 1.29 bits per heavy atom. The van der Waals surface area contributed by atoms with Gasteiger partial charge in [-0.15, -0.1) is 0 Å². The lowest BCUT2D eigenvalue weighted by Gasteiger charge is -2.24. The minimum absolute atomic E-state index is 0.0757. The summed E-state index contributed by atoms with van der Waals surface area (Å²) in [5.74, 6) is 0.928. The van der Waals surface area contributed by atoms with Crippen molar-refractivity contribution in [3.8, 4) is 0 Å². The van der Waals surface area contributed by atoms with E-state index in [0.29, 0.717) is 6.54 Å². The summed E-state index contributed by atoms with van der Waals surface area (Å²) in [4.78, 5) is 0. The molecule has 2 rings (SSSR count). The zero-order valence-electron chi connectivity index (χ0n) is 10.4. The summed E-state index contributed by atoms with van der Waals surface area (Å²) in [6.07, 6.45) is 0.729. The molecule has 1 heterocycles. The van der Waals surface area contributed by atoms with Gasteiger partial charge in [-0.05, 0) is 32.4 Å². The maximum atomic E-state index is 8.95. The number of fused-ring (bicyclic) bond motifs is 1. The van der Waals surface area contributed by atoms with Crippen molar-refractivity contribution in [3.63, 3.8) is 0 Å². The average Bonchev–Trinajstić information content (AvgIpc) is 2.69. The second-order valence-electron chi connectivity index (χ2n) is 4.96. The van der Waals surface area contributed by atoms with Gasteiger partial charge < -0.3 is 14.8 Å². The zero-order valence-corrected chi connectivity index (χ0v) is 10.4. The van der Waals surface area contributed by atoms with Crippen LogP contribution in [0.15, 0.2) is 34.7 Å². The van der Waals surface area contributed by atoms with E-state index in [1.807, 2.05) is 24.3 Å². The molecule has 2 N–H and O–H groups in total. The zero-order chi connectivity index (χ0) is 12.3. The third-order valence-corrected chi connectivity index (χ3v) is 2.95. The number of benzene rings is 1. The molecule has 0 bridgehead atoms. The summed E-state index contributed by atoms with van der Waals surface area (Å²) in [6, 6.07) is 10.0. The van der Waals surface area contributed by atoms with Crippen LogP contribution >= 0.6 is 0 Å². The fourth-order valence-corrected chi connectivity index (χ4v) is 1.82. The first-order valence-corrected chi connectivity index (χ1v) is 5.94. The van der Waals surface area contributed by atoms with Gasteiger partial charge in [0.25, 0.3) is 0 Å². The molecule has 0 aliphatic rings. The van der Waals surface area contributed by atoms with Gasteiger partial charge in [0.1, 0.15) is 11.3 Å². The number of hydrogen-bond donors (Lipinski definition) is 2. The van der Waals surface area contributed by atoms with Crippen molar-refractivity contribution in [1.82, 2.24) is 5.32 Å². The maximum Gasteiger partial charge on any atom is 0.134 e. The largest absolute Gasteiger partial charge is 0.460 e. The average molecular weight is 233 g/mol. The first kappa shape index (κ1) is 12.1. The highest BCUT2D eigenvalue weighted by Crippen LogP contribution is 2.19. The Morgan fingerprint density at radius 2 is 2.06 bits per heavy atom. The predicted octanol–water partition coefficient (Wildman–Crippen LogP) is 2.68. The van der Waals surface area contributed by atoms with Crippen molar-refractivity contribution in [3.05, 3.63) is 36.1 Å². The lowest BCUT2D eigenvalue weighted by atomic mass is 10.0. The van der Waals surface area contributed by atoms with E-state index in [2.05, 4.69) is 25.2 Å². The van der Waals surface area contributed by atoms with Gasteiger partial charge in [0.2, 0.25) is 0 Å². The van der Waals surface area contributed by atoms with Crippen LogP contribution in [0.4, 0.5) is 0 Å². The lowest BCUT2D eigenvalue weighted by molar-refractivity contribution is 0.227. The van der Waals surface area contributed by atoms with Gasteiger partial charge in [-0.2, -0.15) is 0 Å². The predicted molar refractivity (Wildman–Crippen MR) is 68.8 cm³/mol. The Labute approximate surface area is 101 Å². The SMILES string of the molecule is CC(C)(CCO)NCc1cc2ccccc2o1. The Bertz CT molecular complexity index is 455. The maximum absolute atomic E-state index is 8.95. The number of nitrogens with one attached hydrogen (secondary N) is 1. The summed E-state index contributed by atoms with van der Waals surface area (Å²) in [6.45, 7) is 5.03. The highest BCUT2D eigenvalue weighted by atomic mass is 16.3. The molecule has 1 aromatic heterocycles. The van der Waals surface area contributed by atoms with Crippen LogP contribution in [0.5, 0.6) is 0 Å². The highest BCUT2D eigenvalue weighted by molar-refractivity contribution is 5.77. The number of furan rings is 1. The van der Waals surface area contributed by atoms with E-state index in [4.69, 9.17) is 9.52 Å². The number of rotatable bonds is 5. The van der Waals surface area contributed by atoms with Crippen LogP contribution < -0.4 is 5.32 Å². The van der Waals surface area contributed by atoms with Gasteiger partial charge in [-0.25, -0.2) is 0 Å². The minimum atomic E-state index is -0.0757. The smallest absolute Gasteiger partial charge is 0.134 e. The van der Waals surface area contributed by atoms with Gasteiger partial charge in [-0.1, -0.05) is 18.2 Å². The third kappa shape index (κ3) is 3.08. The van der Waals surface area contributed by atoms with Crippen LogP contribution in [0.1, 0.15) is 26.0 Å². The van der Waals surface area contributed by atoms with Crippen LogP contribution in [-0.4, -0.2) is 17.3 Å². The van der Waals surface area contributed by atoms with Crippen molar-refractivity contribution in [1.29, 1.82) is 0 Å². The fourth-order valence-electron chi connectivity index (χ4n) is 1.82. The van der Waals surface area contributed by atoms with Crippen molar-refractivity contribution < 1.29 is 9.52 Å². The molecule has 0 aliphatic heterocycles. The van der Waals surface area contributed by atoms with Gasteiger partial charge in [0.15, 0.2) is 0 Å². The molecule has 0 saturated carbocycles. The number of hydrogen-bond acceptors (Lipinski definition) is 3. The van der Waals surface area contributed by atoms with Crippen LogP contribution in [0.25, 0.3) is 11.0 Å². The van der Waals surface area contributed by atoms with E-state index >= 15 is 0 Å². The summed E-state index contributed by atoms with van der Waals surface area (Å²) >= 11 is 0. The van der Waals surface area contributed by atoms with Crippen molar-refractivity contribution >= 4 is 11.0 Å². The van der Waals surface area contributed by atoms with E-state index in [1.165, 1.54) is 0 Å². The topological polar surface area (TPSA) is 45.4 Å². The number of aliphatic hydroxyl groups is 1. The van der Waals surface area contributed by atoms with Crippen LogP contribution in [-0.2, 0) is 6.54 Å². The van der Waals surface area contributed by atoms with Crippen LogP contribution in [0.3, 0.4) is 0 Å². The molecule has 0 fully saturated rings. The standard InChI is InChI=1S/C14H19NO2/c1-14(2,7-8-16)15-10-12-9-11-5-3-4-6-13(11)17-12/h3-6,9,15-16H,7-8,10H2,1-2H3. The van der Waals surface area contributed by atoms with Crippen LogP contribution in [0, 0.1) is 0 Å². The lowest BCUT2D eigenvalue weighted by Crippen LogP contribution is -2.39. The minimum Gasteiger partial charge on any atom is -0.460 e. The molecule has 0 atom stereocenters. The van der Waals surface area contributed by atoms with E-state index < -0.39 is 0 Å². The first-order valence-electron chi connectivity index (χ1n) is 5.94. The Balaban J connectivity index is 2.04. The molecule has 1 aromatic carbocycles. The van der Waals surface area contributed by atoms with E-state index in [1.54, 1.807) is 0 Å². The molecule has 0 unspecified atom stereocenters. The molecule has 92 valence electrons. The molecule has 0 saturated heterocycles. The quantitative estimate of drug-likeness (QED) is 0.834. The van der Waals surface area contributed by atoms with E-state index in [-0.39, 0.29) is 12.1 Å². The highest BCUT2D eigenvalue weighted by Gasteiger charge is 2.16. The number of aliphatic hydroxyl groups excluding tert-OH is 1. The molecule has 2 aromatic rings. The molecular weight excluding hydrogens is 214 g/mol.